The SMILES string of the molecule is CCC1(c2ccccc2)NC(=O)N(NC(=O)c2ccc(N3CCCCC3=O)cc2)C1=O. The smallest absolute Gasteiger partial charge is 0.318 e. The van der Waals surface area contributed by atoms with Gasteiger partial charge in [-0.05, 0) is 49.1 Å². The lowest BCUT2D eigenvalue weighted by molar-refractivity contribution is -0.133. The first-order chi connectivity index (χ1) is 15.0. The van der Waals surface area contributed by atoms with Crippen molar-refractivity contribution in [3.8, 4) is 0 Å². The fraction of sp³-hybridized carbons (Fsp3) is 0.304. The summed E-state index contributed by atoms with van der Waals surface area (Å²) >= 11 is 0. The number of rotatable bonds is 5. The van der Waals surface area contributed by atoms with E-state index in [1.165, 1.54) is 0 Å². The number of carbonyl (C=O) groups is 4. The van der Waals surface area contributed by atoms with Gasteiger partial charge in [-0.2, -0.15) is 5.01 Å². The molecule has 2 heterocycles. The zero-order valence-electron chi connectivity index (χ0n) is 17.3. The highest BCUT2D eigenvalue weighted by atomic mass is 16.2. The molecule has 8 heteroatoms. The standard InChI is InChI=1S/C23H24N4O4/c1-2-23(17-8-4-3-5-9-17)21(30)27(22(31)24-23)25-20(29)16-11-13-18(14-12-16)26-15-7-6-10-19(26)28/h3-5,8-9,11-14H,2,6-7,10,15H2,1H3,(H,24,31)(H,25,29). The number of amides is 5. The summed E-state index contributed by atoms with van der Waals surface area (Å²) in [6.45, 7) is 2.46. The molecule has 31 heavy (non-hydrogen) atoms. The van der Waals surface area contributed by atoms with Crippen molar-refractivity contribution in [2.45, 2.75) is 38.1 Å². The molecule has 8 nitrogen and oxygen atoms in total. The highest BCUT2D eigenvalue weighted by molar-refractivity contribution is 6.09. The van der Waals surface area contributed by atoms with E-state index in [-0.39, 0.29) is 11.5 Å². The zero-order chi connectivity index (χ0) is 22.0. The lowest BCUT2D eigenvalue weighted by Crippen LogP contribution is -2.48. The first-order valence-corrected chi connectivity index (χ1v) is 10.4. The molecule has 0 bridgehead atoms. The van der Waals surface area contributed by atoms with Crippen LogP contribution in [0.3, 0.4) is 0 Å². The summed E-state index contributed by atoms with van der Waals surface area (Å²) in [6.07, 6.45) is 2.70. The minimum Gasteiger partial charge on any atom is -0.318 e. The number of nitrogens with one attached hydrogen (secondary N) is 2. The molecule has 0 radical (unpaired) electrons. The quantitative estimate of drug-likeness (QED) is 0.727. The van der Waals surface area contributed by atoms with Crippen molar-refractivity contribution in [3.05, 3.63) is 65.7 Å². The third-order valence-electron chi connectivity index (χ3n) is 5.87. The molecular weight excluding hydrogens is 396 g/mol. The fourth-order valence-electron chi connectivity index (χ4n) is 4.08. The first kappa shape index (κ1) is 20.6. The second-order valence-corrected chi connectivity index (χ2v) is 7.69. The van der Waals surface area contributed by atoms with Gasteiger partial charge < -0.3 is 10.2 Å². The molecule has 2 aliphatic rings. The van der Waals surface area contributed by atoms with E-state index in [1.54, 1.807) is 60.4 Å². The fourth-order valence-corrected chi connectivity index (χ4v) is 4.08. The molecule has 1 unspecified atom stereocenters. The molecule has 2 aromatic carbocycles. The Morgan fingerprint density at radius 2 is 1.74 bits per heavy atom. The van der Waals surface area contributed by atoms with Crippen LogP contribution in [-0.2, 0) is 15.1 Å². The van der Waals surface area contributed by atoms with Crippen molar-refractivity contribution in [2.75, 3.05) is 11.4 Å². The summed E-state index contributed by atoms with van der Waals surface area (Å²) in [7, 11) is 0. The Hall–Kier alpha value is -3.68. The molecule has 160 valence electrons. The number of hydrazine groups is 1. The van der Waals surface area contributed by atoms with Crippen LogP contribution < -0.4 is 15.6 Å². The van der Waals surface area contributed by atoms with E-state index in [9.17, 15) is 19.2 Å². The van der Waals surface area contributed by atoms with Crippen molar-refractivity contribution in [3.63, 3.8) is 0 Å². The Kier molecular flexibility index (Phi) is 5.46. The molecule has 4 rings (SSSR count). The maximum atomic E-state index is 13.1. The number of urea groups is 1. The van der Waals surface area contributed by atoms with Crippen LogP contribution in [0.4, 0.5) is 10.5 Å². The number of anilines is 1. The van der Waals surface area contributed by atoms with Crippen molar-refractivity contribution >= 4 is 29.4 Å². The molecule has 5 amide bonds. The summed E-state index contributed by atoms with van der Waals surface area (Å²) < 4.78 is 0. The summed E-state index contributed by atoms with van der Waals surface area (Å²) in [5, 5.41) is 3.46. The van der Waals surface area contributed by atoms with Crippen LogP contribution in [0.15, 0.2) is 54.6 Å². The average Bonchev–Trinajstić information content (AvgIpc) is 3.05. The Labute approximate surface area is 180 Å². The van der Waals surface area contributed by atoms with Crippen LogP contribution in [0, 0.1) is 0 Å². The summed E-state index contributed by atoms with van der Waals surface area (Å²) in [6, 6.07) is 14.8. The van der Waals surface area contributed by atoms with Crippen molar-refractivity contribution in [1.82, 2.24) is 15.8 Å². The second-order valence-electron chi connectivity index (χ2n) is 7.69. The van der Waals surface area contributed by atoms with Gasteiger partial charge in [-0.1, -0.05) is 37.3 Å². The monoisotopic (exact) mass is 420 g/mol. The maximum Gasteiger partial charge on any atom is 0.344 e. The highest BCUT2D eigenvalue weighted by Gasteiger charge is 2.52. The van der Waals surface area contributed by atoms with E-state index < -0.39 is 23.4 Å². The Morgan fingerprint density at radius 1 is 1.03 bits per heavy atom. The summed E-state index contributed by atoms with van der Waals surface area (Å²) in [5.74, 6) is -1.05. The predicted octanol–water partition coefficient (Wildman–Crippen LogP) is 2.71. The molecule has 2 aliphatic heterocycles. The summed E-state index contributed by atoms with van der Waals surface area (Å²) in [4.78, 5) is 52.1. The van der Waals surface area contributed by atoms with E-state index in [4.69, 9.17) is 0 Å². The Bertz CT molecular complexity index is 1020. The van der Waals surface area contributed by atoms with E-state index in [0.29, 0.717) is 24.9 Å². The topological polar surface area (TPSA) is 98.8 Å². The number of imide groups is 1. The number of hydrogen-bond acceptors (Lipinski definition) is 4. The lowest BCUT2D eigenvalue weighted by atomic mass is 9.87. The van der Waals surface area contributed by atoms with Crippen LogP contribution >= 0.6 is 0 Å². The lowest BCUT2D eigenvalue weighted by Gasteiger charge is -2.27. The minimum absolute atomic E-state index is 0.0691. The maximum absolute atomic E-state index is 13.1. The Morgan fingerprint density at radius 3 is 2.39 bits per heavy atom. The largest absolute Gasteiger partial charge is 0.344 e. The molecule has 2 aromatic rings. The van der Waals surface area contributed by atoms with Crippen LogP contribution in [-0.4, -0.2) is 35.3 Å². The molecule has 0 spiro atoms. The summed E-state index contributed by atoms with van der Waals surface area (Å²) in [5.41, 5.74) is 2.86. The molecule has 0 aliphatic carbocycles. The molecule has 2 saturated heterocycles. The van der Waals surface area contributed by atoms with Gasteiger partial charge in [0.1, 0.15) is 5.54 Å². The normalized spacial score (nSPS) is 21.3. The van der Waals surface area contributed by atoms with Crippen LogP contribution in [0.2, 0.25) is 0 Å². The van der Waals surface area contributed by atoms with Crippen LogP contribution in [0.25, 0.3) is 0 Å². The number of piperidine rings is 1. The zero-order valence-corrected chi connectivity index (χ0v) is 17.3. The van der Waals surface area contributed by atoms with Gasteiger partial charge in [0.05, 0.1) is 0 Å². The van der Waals surface area contributed by atoms with E-state index >= 15 is 0 Å². The molecule has 2 N–H and O–H groups in total. The number of nitrogens with zero attached hydrogens (tertiary/aromatic N) is 2. The van der Waals surface area contributed by atoms with E-state index in [2.05, 4.69) is 10.7 Å². The van der Waals surface area contributed by atoms with Gasteiger partial charge in [-0.3, -0.25) is 19.8 Å². The molecule has 1 atom stereocenters. The third-order valence-corrected chi connectivity index (χ3v) is 5.87. The molecule has 0 saturated carbocycles. The second kappa shape index (κ2) is 8.22. The predicted molar refractivity (Wildman–Crippen MR) is 114 cm³/mol. The van der Waals surface area contributed by atoms with Gasteiger partial charge in [0.25, 0.3) is 11.8 Å². The van der Waals surface area contributed by atoms with Gasteiger partial charge in [0.2, 0.25) is 5.91 Å². The van der Waals surface area contributed by atoms with Gasteiger partial charge in [0, 0.05) is 24.2 Å². The Balaban J connectivity index is 1.50. The average molecular weight is 420 g/mol. The van der Waals surface area contributed by atoms with Gasteiger partial charge >= 0.3 is 6.03 Å². The first-order valence-electron chi connectivity index (χ1n) is 10.4. The third kappa shape index (κ3) is 3.65. The molecule has 0 aromatic heterocycles. The van der Waals surface area contributed by atoms with Crippen LogP contribution in [0.1, 0.15) is 48.5 Å². The van der Waals surface area contributed by atoms with Crippen molar-refractivity contribution in [1.29, 1.82) is 0 Å². The van der Waals surface area contributed by atoms with E-state index in [0.717, 1.165) is 23.5 Å². The van der Waals surface area contributed by atoms with Gasteiger partial charge in [0.15, 0.2) is 0 Å². The van der Waals surface area contributed by atoms with Crippen molar-refractivity contribution < 1.29 is 19.2 Å². The van der Waals surface area contributed by atoms with Crippen LogP contribution in [0.5, 0.6) is 0 Å². The molecule has 2 fully saturated rings. The highest BCUT2D eigenvalue weighted by Crippen LogP contribution is 2.31. The van der Waals surface area contributed by atoms with Crippen molar-refractivity contribution in [2.24, 2.45) is 0 Å². The van der Waals surface area contributed by atoms with E-state index in [1.807, 2.05) is 6.07 Å². The van der Waals surface area contributed by atoms with Gasteiger partial charge in [-0.25, -0.2) is 4.79 Å². The number of benzene rings is 2. The minimum atomic E-state index is -1.22. The number of carbonyl (C=O) groups excluding carboxylic acids is 4. The van der Waals surface area contributed by atoms with Gasteiger partial charge in [-0.15, -0.1) is 0 Å². The molecular formula is C23H24N4O4. The number of hydrogen-bond donors (Lipinski definition) is 2.